The van der Waals surface area contributed by atoms with Gasteiger partial charge in [-0.3, -0.25) is 9.36 Å². The number of hydrogen-bond donors (Lipinski definition) is 0. The van der Waals surface area contributed by atoms with Crippen molar-refractivity contribution < 1.29 is 0 Å². The molecule has 0 unspecified atom stereocenters. The Morgan fingerprint density at radius 2 is 2.11 bits per heavy atom. The third kappa shape index (κ3) is 1.29. The predicted molar refractivity (Wildman–Crippen MR) is 74.3 cm³/mol. The average molecular weight is 256 g/mol. The van der Waals surface area contributed by atoms with E-state index in [1.54, 1.807) is 11.3 Å². The Morgan fingerprint density at radius 1 is 1.22 bits per heavy atom. The number of thiophene rings is 1. The molecule has 0 atom stereocenters. The van der Waals surface area contributed by atoms with Gasteiger partial charge in [-0.1, -0.05) is 18.2 Å². The van der Waals surface area contributed by atoms with E-state index in [0.717, 1.165) is 51.9 Å². The third-order valence-electron chi connectivity index (χ3n) is 3.61. The molecule has 4 heteroatoms. The largest absolute Gasteiger partial charge is 0.296 e. The van der Waals surface area contributed by atoms with Crippen molar-refractivity contribution in [3.8, 4) is 0 Å². The second-order valence-corrected chi connectivity index (χ2v) is 5.75. The summed E-state index contributed by atoms with van der Waals surface area (Å²) in [6.45, 7) is 0.821. The Morgan fingerprint density at radius 3 is 3.06 bits per heavy atom. The van der Waals surface area contributed by atoms with Gasteiger partial charge in [-0.05, 0) is 18.9 Å². The van der Waals surface area contributed by atoms with Crippen LogP contribution >= 0.6 is 11.3 Å². The van der Waals surface area contributed by atoms with Crippen molar-refractivity contribution >= 4 is 31.6 Å². The van der Waals surface area contributed by atoms with Crippen LogP contribution in [0.25, 0.3) is 20.3 Å². The minimum Gasteiger partial charge on any atom is -0.296 e. The van der Waals surface area contributed by atoms with Crippen LogP contribution < -0.4 is 5.56 Å². The fraction of sp³-hybridized carbons (Fsp3) is 0.286. The summed E-state index contributed by atoms with van der Waals surface area (Å²) in [6, 6.07) is 8.07. The van der Waals surface area contributed by atoms with Crippen LogP contribution in [0.4, 0.5) is 0 Å². The number of nitrogens with zero attached hydrogens (tertiary/aromatic N) is 2. The third-order valence-corrected chi connectivity index (χ3v) is 4.67. The summed E-state index contributed by atoms with van der Waals surface area (Å²) in [5.74, 6) is 0.963. The molecular weight excluding hydrogens is 244 g/mol. The van der Waals surface area contributed by atoms with Crippen LogP contribution in [0.1, 0.15) is 18.7 Å². The first-order valence-electron chi connectivity index (χ1n) is 6.25. The number of aryl methyl sites for hydroxylation is 1. The van der Waals surface area contributed by atoms with Crippen LogP contribution in [-0.4, -0.2) is 9.55 Å². The van der Waals surface area contributed by atoms with E-state index in [0.29, 0.717) is 0 Å². The molecule has 0 aliphatic carbocycles. The zero-order valence-corrected chi connectivity index (χ0v) is 10.7. The van der Waals surface area contributed by atoms with E-state index < -0.39 is 0 Å². The fourth-order valence-corrected chi connectivity index (χ4v) is 3.81. The van der Waals surface area contributed by atoms with Gasteiger partial charge >= 0.3 is 0 Å². The van der Waals surface area contributed by atoms with E-state index in [1.807, 2.05) is 22.8 Å². The van der Waals surface area contributed by atoms with Crippen molar-refractivity contribution in [1.29, 1.82) is 0 Å². The van der Waals surface area contributed by atoms with Gasteiger partial charge in [0.15, 0.2) is 0 Å². The van der Waals surface area contributed by atoms with Crippen molar-refractivity contribution in [1.82, 2.24) is 9.55 Å². The highest BCUT2D eigenvalue weighted by Gasteiger charge is 2.17. The van der Waals surface area contributed by atoms with Crippen molar-refractivity contribution in [3.05, 3.63) is 40.4 Å². The summed E-state index contributed by atoms with van der Waals surface area (Å²) < 4.78 is 3.02. The summed E-state index contributed by atoms with van der Waals surface area (Å²) in [4.78, 5) is 18.2. The highest BCUT2D eigenvalue weighted by Crippen LogP contribution is 2.30. The maximum atomic E-state index is 12.6. The quantitative estimate of drug-likeness (QED) is 0.620. The lowest BCUT2D eigenvalue weighted by Gasteiger charge is -2.16. The molecule has 0 amide bonds. The van der Waals surface area contributed by atoms with E-state index >= 15 is 0 Å². The molecule has 90 valence electrons. The summed E-state index contributed by atoms with van der Waals surface area (Å²) in [5.41, 5.74) is 0.146. The number of benzene rings is 1. The number of fused-ring (bicyclic) bond motifs is 4. The van der Waals surface area contributed by atoms with Gasteiger partial charge < -0.3 is 0 Å². The van der Waals surface area contributed by atoms with Crippen molar-refractivity contribution in [2.75, 3.05) is 0 Å². The zero-order chi connectivity index (χ0) is 12.1. The van der Waals surface area contributed by atoms with E-state index in [2.05, 4.69) is 6.07 Å². The first-order chi connectivity index (χ1) is 8.84. The van der Waals surface area contributed by atoms with E-state index in [9.17, 15) is 4.79 Å². The average Bonchev–Trinajstić information content (AvgIpc) is 2.77. The van der Waals surface area contributed by atoms with Crippen LogP contribution in [0, 0.1) is 0 Å². The van der Waals surface area contributed by atoms with Gasteiger partial charge in [-0.2, -0.15) is 0 Å². The number of rotatable bonds is 0. The first-order valence-corrected chi connectivity index (χ1v) is 7.07. The molecule has 0 fully saturated rings. The highest BCUT2D eigenvalue weighted by molar-refractivity contribution is 7.25. The van der Waals surface area contributed by atoms with Gasteiger partial charge in [-0.25, -0.2) is 4.98 Å². The molecule has 0 saturated heterocycles. The second-order valence-electron chi connectivity index (χ2n) is 4.72. The molecule has 0 saturated carbocycles. The van der Waals surface area contributed by atoms with Crippen LogP contribution in [0.3, 0.4) is 0 Å². The molecule has 3 heterocycles. The summed E-state index contributed by atoms with van der Waals surface area (Å²) >= 11 is 1.62. The first kappa shape index (κ1) is 10.3. The molecular formula is C14H12N2OS. The van der Waals surface area contributed by atoms with Crippen LogP contribution in [0.5, 0.6) is 0 Å². The number of aromatic nitrogens is 2. The Kier molecular flexibility index (Phi) is 2.08. The molecule has 0 radical (unpaired) electrons. The van der Waals surface area contributed by atoms with E-state index in [-0.39, 0.29) is 5.56 Å². The maximum Gasteiger partial charge on any atom is 0.262 e. The van der Waals surface area contributed by atoms with Gasteiger partial charge in [-0.15, -0.1) is 11.3 Å². The maximum absolute atomic E-state index is 12.6. The monoisotopic (exact) mass is 256 g/mol. The molecule has 0 spiro atoms. The molecule has 1 aromatic carbocycles. The Bertz CT molecular complexity index is 816. The summed E-state index contributed by atoms with van der Waals surface area (Å²) in [7, 11) is 0. The van der Waals surface area contributed by atoms with Crippen LogP contribution in [0.2, 0.25) is 0 Å². The predicted octanol–water partition coefficient (Wildman–Crippen LogP) is 2.95. The topological polar surface area (TPSA) is 34.9 Å². The minimum atomic E-state index is 0.146. The van der Waals surface area contributed by atoms with Gasteiger partial charge in [0, 0.05) is 23.1 Å². The van der Waals surface area contributed by atoms with Gasteiger partial charge in [0.25, 0.3) is 5.56 Å². The Balaban J connectivity index is 2.22. The normalized spacial score (nSPS) is 15.1. The molecule has 3 nitrogen and oxygen atoms in total. The summed E-state index contributed by atoms with van der Waals surface area (Å²) in [6.07, 6.45) is 3.16. The number of hydrogen-bond acceptors (Lipinski definition) is 3. The highest BCUT2D eigenvalue weighted by atomic mass is 32.1. The molecule has 1 aliphatic rings. The lowest BCUT2D eigenvalue weighted by Crippen LogP contribution is -2.27. The molecule has 2 aromatic heterocycles. The molecule has 1 aliphatic heterocycles. The summed E-state index contributed by atoms with van der Waals surface area (Å²) in [5, 5.41) is 1.86. The van der Waals surface area contributed by atoms with E-state index in [4.69, 9.17) is 4.98 Å². The molecule has 4 rings (SSSR count). The van der Waals surface area contributed by atoms with E-state index in [1.165, 1.54) is 0 Å². The minimum absolute atomic E-state index is 0.146. The smallest absolute Gasteiger partial charge is 0.262 e. The van der Waals surface area contributed by atoms with Crippen molar-refractivity contribution in [2.45, 2.75) is 25.8 Å². The molecule has 3 aromatic rings. The molecule has 0 N–H and O–H groups in total. The molecule has 0 bridgehead atoms. The van der Waals surface area contributed by atoms with Gasteiger partial charge in [0.2, 0.25) is 0 Å². The van der Waals surface area contributed by atoms with Crippen molar-refractivity contribution in [2.24, 2.45) is 0 Å². The SMILES string of the molecule is O=c1c2c(nc3n1CCCC3)sc1ccccc12. The fourth-order valence-electron chi connectivity index (χ4n) is 2.72. The lowest BCUT2D eigenvalue weighted by molar-refractivity contribution is 0.501. The Hall–Kier alpha value is -1.68. The lowest BCUT2D eigenvalue weighted by atomic mass is 10.1. The second kappa shape index (κ2) is 3.65. The van der Waals surface area contributed by atoms with Gasteiger partial charge in [0.1, 0.15) is 10.7 Å². The van der Waals surface area contributed by atoms with Crippen LogP contribution in [-0.2, 0) is 13.0 Å². The van der Waals surface area contributed by atoms with Crippen LogP contribution in [0.15, 0.2) is 29.1 Å². The standard InChI is InChI=1S/C14H12N2OS/c17-14-12-9-5-1-2-6-10(9)18-13(12)15-11-7-3-4-8-16(11)14/h1-2,5-6H,3-4,7-8H2. The van der Waals surface area contributed by atoms with Crippen molar-refractivity contribution in [3.63, 3.8) is 0 Å². The zero-order valence-electron chi connectivity index (χ0n) is 9.85. The Labute approximate surface area is 108 Å². The molecule has 18 heavy (non-hydrogen) atoms. The van der Waals surface area contributed by atoms with Gasteiger partial charge in [0.05, 0.1) is 5.39 Å².